The molecule has 1 aromatic rings. The summed E-state index contributed by atoms with van der Waals surface area (Å²) in [7, 11) is 0. The van der Waals surface area contributed by atoms with E-state index in [0.29, 0.717) is 5.82 Å². The van der Waals surface area contributed by atoms with Crippen LogP contribution in [0, 0.1) is 0 Å². The van der Waals surface area contributed by atoms with E-state index in [-0.39, 0.29) is 0 Å². The zero-order chi connectivity index (χ0) is 9.80. The Balaban J connectivity index is 1.84. The summed E-state index contributed by atoms with van der Waals surface area (Å²) in [6.07, 6.45) is 7.50. The molecule has 0 amide bonds. The topological polar surface area (TPSA) is 50.9 Å². The minimum absolute atomic E-state index is 0.607. The van der Waals surface area contributed by atoms with Crippen LogP contribution in [-0.2, 0) is 0 Å². The van der Waals surface area contributed by atoms with Crippen molar-refractivity contribution < 1.29 is 0 Å². The molecule has 14 heavy (non-hydrogen) atoms. The lowest BCUT2D eigenvalue weighted by molar-refractivity contribution is 0.695. The van der Waals surface area contributed by atoms with E-state index >= 15 is 0 Å². The molecule has 0 bridgehead atoms. The molecule has 4 heteroatoms. The summed E-state index contributed by atoms with van der Waals surface area (Å²) in [6, 6.07) is 1.88. The third-order valence-corrected chi connectivity index (χ3v) is 3.16. The molecule has 1 aliphatic rings. The maximum absolute atomic E-state index is 5.53. The second-order valence-corrected chi connectivity index (χ2v) is 4.38. The first-order valence-corrected chi connectivity index (χ1v) is 5.76. The van der Waals surface area contributed by atoms with Crippen molar-refractivity contribution in [1.82, 2.24) is 4.37 Å². The van der Waals surface area contributed by atoms with Gasteiger partial charge in [-0.1, -0.05) is 11.6 Å². The highest BCUT2D eigenvalue weighted by Gasteiger charge is 2.04. The molecule has 1 heterocycles. The van der Waals surface area contributed by atoms with E-state index in [4.69, 9.17) is 5.73 Å². The van der Waals surface area contributed by atoms with Gasteiger partial charge in [-0.05, 0) is 37.2 Å². The lowest BCUT2D eigenvalue weighted by Crippen LogP contribution is -2.05. The van der Waals surface area contributed by atoms with E-state index in [1.54, 1.807) is 0 Å². The highest BCUT2D eigenvalue weighted by Crippen LogP contribution is 2.21. The van der Waals surface area contributed by atoms with Crippen LogP contribution in [0.1, 0.15) is 25.7 Å². The molecule has 0 atom stereocenters. The summed E-state index contributed by atoms with van der Waals surface area (Å²) in [5.74, 6) is 0.607. The Morgan fingerprint density at radius 1 is 1.50 bits per heavy atom. The van der Waals surface area contributed by atoms with Crippen molar-refractivity contribution in [2.24, 2.45) is 0 Å². The fourth-order valence-electron chi connectivity index (χ4n) is 1.64. The number of hydrogen-bond acceptors (Lipinski definition) is 4. The van der Waals surface area contributed by atoms with Crippen LogP contribution in [-0.4, -0.2) is 10.9 Å². The van der Waals surface area contributed by atoms with Gasteiger partial charge in [0.25, 0.3) is 0 Å². The zero-order valence-corrected chi connectivity index (χ0v) is 8.94. The molecule has 0 radical (unpaired) electrons. The van der Waals surface area contributed by atoms with Crippen LogP contribution in [0.4, 0.5) is 10.8 Å². The number of nitrogen functional groups attached to an aromatic ring is 1. The van der Waals surface area contributed by atoms with Crippen LogP contribution in [0.15, 0.2) is 17.7 Å². The quantitative estimate of drug-likeness (QED) is 0.752. The Labute approximate surface area is 88.2 Å². The van der Waals surface area contributed by atoms with Gasteiger partial charge in [0.15, 0.2) is 0 Å². The van der Waals surface area contributed by atoms with E-state index in [0.717, 1.165) is 11.5 Å². The summed E-state index contributed by atoms with van der Waals surface area (Å²) in [4.78, 5) is 0. The molecule has 0 aliphatic heterocycles. The summed E-state index contributed by atoms with van der Waals surface area (Å²) >= 11 is 1.42. The van der Waals surface area contributed by atoms with Gasteiger partial charge in [0.2, 0.25) is 0 Å². The minimum atomic E-state index is 0.607. The Kier molecular flexibility index (Phi) is 3.03. The fraction of sp³-hybridized carbons (Fsp3) is 0.500. The maximum atomic E-state index is 5.53. The third kappa shape index (κ3) is 2.48. The first-order chi connectivity index (χ1) is 6.84. The number of nitrogens with zero attached hydrogens (tertiary/aromatic N) is 1. The first-order valence-electron chi connectivity index (χ1n) is 4.98. The molecule has 1 aliphatic carbocycles. The fourth-order valence-corrected chi connectivity index (χ4v) is 2.20. The van der Waals surface area contributed by atoms with Gasteiger partial charge < -0.3 is 11.1 Å². The van der Waals surface area contributed by atoms with Gasteiger partial charge in [0.05, 0.1) is 0 Å². The van der Waals surface area contributed by atoms with Gasteiger partial charge in [-0.2, -0.15) is 4.37 Å². The molecule has 0 aromatic carbocycles. The number of hydrogen-bond donors (Lipinski definition) is 2. The van der Waals surface area contributed by atoms with Crippen molar-refractivity contribution in [3.05, 3.63) is 17.7 Å². The van der Waals surface area contributed by atoms with Gasteiger partial charge in [-0.15, -0.1) is 0 Å². The molecule has 3 N–H and O–H groups in total. The number of anilines is 2. The number of aromatic nitrogens is 1. The van der Waals surface area contributed by atoms with Gasteiger partial charge in [0, 0.05) is 12.6 Å². The van der Waals surface area contributed by atoms with Gasteiger partial charge in [-0.25, -0.2) is 0 Å². The zero-order valence-electron chi connectivity index (χ0n) is 8.12. The van der Waals surface area contributed by atoms with Crippen molar-refractivity contribution in [3.63, 3.8) is 0 Å². The number of rotatable bonds is 3. The highest BCUT2D eigenvalue weighted by atomic mass is 32.1. The van der Waals surface area contributed by atoms with E-state index < -0.39 is 0 Å². The molecule has 0 spiro atoms. The molecule has 0 saturated carbocycles. The molecule has 0 saturated heterocycles. The number of nitrogens with two attached hydrogens (primary N) is 1. The molecule has 1 aromatic heterocycles. The van der Waals surface area contributed by atoms with Crippen LogP contribution >= 0.6 is 11.5 Å². The normalized spacial score (nSPS) is 16.4. The smallest absolute Gasteiger partial charge is 0.139 e. The molecule has 2 rings (SSSR count). The van der Waals surface area contributed by atoms with Crippen molar-refractivity contribution in [1.29, 1.82) is 0 Å². The second kappa shape index (κ2) is 4.46. The van der Waals surface area contributed by atoms with Crippen LogP contribution in [0.3, 0.4) is 0 Å². The maximum Gasteiger partial charge on any atom is 0.139 e. The van der Waals surface area contributed by atoms with Crippen LogP contribution in [0.25, 0.3) is 0 Å². The van der Waals surface area contributed by atoms with E-state index in [9.17, 15) is 0 Å². The third-order valence-electron chi connectivity index (χ3n) is 2.40. The first kappa shape index (κ1) is 9.52. The van der Waals surface area contributed by atoms with Crippen LogP contribution in [0.2, 0.25) is 0 Å². The molecular formula is C10H15N3S. The Morgan fingerprint density at radius 3 is 3.07 bits per heavy atom. The average Bonchev–Trinajstić information content (AvgIpc) is 2.63. The summed E-state index contributed by atoms with van der Waals surface area (Å²) in [5, 5.41) is 4.41. The molecular weight excluding hydrogens is 194 g/mol. The van der Waals surface area contributed by atoms with E-state index in [2.05, 4.69) is 15.8 Å². The largest absolute Gasteiger partial charge is 0.383 e. The SMILES string of the molecule is Nc1cc(NCC2=CCCCC2)sn1. The van der Waals surface area contributed by atoms with Crippen LogP contribution < -0.4 is 11.1 Å². The summed E-state index contributed by atoms with van der Waals surface area (Å²) in [5.41, 5.74) is 7.05. The Bertz CT molecular complexity index is 330. The molecule has 0 fully saturated rings. The Morgan fingerprint density at radius 2 is 2.43 bits per heavy atom. The lowest BCUT2D eigenvalue weighted by atomic mass is 10.00. The standard InChI is InChI=1S/C10H15N3S/c11-9-6-10(14-13-9)12-7-8-4-2-1-3-5-8/h4,6,12H,1-3,5,7H2,(H2,11,13). The van der Waals surface area contributed by atoms with Crippen molar-refractivity contribution in [2.75, 3.05) is 17.6 Å². The second-order valence-electron chi connectivity index (χ2n) is 3.58. The van der Waals surface area contributed by atoms with Gasteiger partial charge >= 0.3 is 0 Å². The average molecular weight is 209 g/mol. The molecule has 76 valence electrons. The number of allylic oxidation sites excluding steroid dienone is 1. The van der Waals surface area contributed by atoms with Crippen LogP contribution in [0.5, 0.6) is 0 Å². The van der Waals surface area contributed by atoms with E-state index in [1.165, 1.54) is 42.8 Å². The predicted molar refractivity (Wildman–Crippen MR) is 61.6 cm³/mol. The molecule has 0 unspecified atom stereocenters. The van der Waals surface area contributed by atoms with Crippen molar-refractivity contribution in [2.45, 2.75) is 25.7 Å². The minimum Gasteiger partial charge on any atom is -0.383 e. The van der Waals surface area contributed by atoms with Crippen molar-refractivity contribution >= 4 is 22.4 Å². The van der Waals surface area contributed by atoms with E-state index in [1.807, 2.05) is 6.07 Å². The highest BCUT2D eigenvalue weighted by molar-refractivity contribution is 7.10. The van der Waals surface area contributed by atoms with Gasteiger partial charge in [-0.3, -0.25) is 0 Å². The van der Waals surface area contributed by atoms with Gasteiger partial charge in [0.1, 0.15) is 10.8 Å². The Hall–Kier alpha value is -1.03. The number of nitrogens with one attached hydrogen (secondary N) is 1. The van der Waals surface area contributed by atoms with Crippen molar-refractivity contribution in [3.8, 4) is 0 Å². The molecule has 3 nitrogen and oxygen atoms in total. The summed E-state index contributed by atoms with van der Waals surface area (Å²) in [6.45, 7) is 0.946. The summed E-state index contributed by atoms with van der Waals surface area (Å²) < 4.78 is 4.02. The lowest BCUT2D eigenvalue weighted by Gasteiger charge is -2.12. The monoisotopic (exact) mass is 209 g/mol. The predicted octanol–water partition coefficient (Wildman–Crippen LogP) is 2.64.